The summed E-state index contributed by atoms with van der Waals surface area (Å²) in [6.45, 7) is 1.31. The first kappa shape index (κ1) is 8.68. The fourth-order valence-corrected chi connectivity index (χ4v) is 1.87. The molecule has 3 rings (SSSR count). The van der Waals surface area contributed by atoms with E-state index in [1.54, 1.807) is 7.11 Å². The molecule has 0 bridgehead atoms. The molecule has 1 aliphatic rings. The predicted molar refractivity (Wildman–Crippen MR) is 56.8 cm³/mol. The van der Waals surface area contributed by atoms with E-state index in [9.17, 15) is 0 Å². The fraction of sp³-hybridized carbons (Fsp3) is 0.250. The maximum absolute atomic E-state index is 5.35. The third-order valence-electron chi connectivity index (χ3n) is 2.69. The molecule has 1 aromatic carbocycles. The molecule has 2 aromatic rings. The molecule has 0 saturated heterocycles. The van der Waals surface area contributed by atoms with E-state index in [1.165, 1.54) is 5.56 Å². The van der Waals surface area contributed by atoms with Crippen molar-refractivity contribution >= 4 is 10.9 Å². The first-order chi connectivity index (χ1) is 7.36. The van der Waals surface area contributed by atoms with E-state index >= 15 is 0 Å². The Kier molecular flexibility index (Phi) is 1.86. The van der Waals surface area contributed by atoms with Crippen LogP contribution >= 0.6 is 0 Å². The van der Waals surface area contributed by atoms with Gasteiger partial charge < -0.3 is 9.47 Å². The van der Waals surface area contributed by atoms with Crippen molar-refractivity contribution in [3.63, 3.8) is 0 Å². The van der Waals surface area contributed by atoms with Crippen molar-refractivity contribution in [2.24, 2.45) is 0 Å². The van der Waals surface area contributed by atoms with Crippen LogP contribution in [0.2, 0.25) is 0 Å². The lowest BCUT2D eigenvalue weighted by atomic mass is 10.1. The standard InChI is InChI=1S/C12H11NO2/c1-14-10-2-3-11-8(5-10)4-9-6-15-7-12(9)13-11/h2-5H,6-7H2,1H3. The molecule has 0 saturated carbocycles. The van der Waals surface area contributed by atoms with Gasteiger partial charge in [-0.15, -0.1) is 0 Å². The predicted octanol–water partition coefficient (Wildman–Crippen LogP) is 2.27. The van der Waals surface area contributed by atoms with Gasteiger partial charge in [0.25, 0.3) is 0 Å². The second kappa shape index (κ2) is 3.21. The Labute approximate surface area is 87.6 Å². The average Bonchev–Trinajstić information content (AvgIpc) is 2.72. The Hall–Kier alpha value is -1.61. The highest BCUT2D eigenvalue weighted by Crippen LogP contribution is 2.25. The summed E-state index contributed by atoms with van der Waals surface area (Å²) in [4.78, 5) is 4.55. The van der Waals surface area contributed by atoms with Crippen LogP contribution in [-0.4, -0.2) is 12.1 Å². The molecule has 0 fully saturated rings. The highest BCUT2D eigenvalue weighted by molar-refractivity contribution is 5.81. The average molecular weight is 201 g/mol. The van der Waals surface area contributed by atoms with Crippen LogP contribution < -0.4 is 4.74 Å². The molecule has 0 aliphatic carbocycles. The largest absolute Gasteiger partial charge is 0.497 e. The zero-order valence-electron chi connectivity index (χ0n) is 8.49. The van der Waals surface area contributed by atoms with Crippen LogP contribution in [0.1, 0.15) is 11.3 Å². The van der Waals surface area contributed by atoms with Gasteiger partial charge in [-0.25, -0.2) is 4.98 Å². The fourth-order valence-electron chi connectivity index (χ4n) is 1.87. The summed E-state index contributed by atoms with van der Waals surface area (Å²) in [5.74, 6) is 0.864. The highest BCUT2D eigenvalue weighted by atomic mass is 16.5. The monoisotopic (exact) mass is 201 g/mol. The maximum Gasteiger partial charge on any atom is 0.119 e. The van der Waals surface area contributed by atoms with Crippen LogP contribution in [-0.2, 0) is 18.0 Å². The van der Waals surface area contributed by atoms with Gasteiger partial charge in [0.05, 0.1) is 31.5 Å². The van der Waals surface area contributed by atoms with Crippen molar-refractivity contribution in [1.82, 2.24) is 4.98 Å². The minimum Gasteiger partial charge on any atom is -0.497 e. The molecule has 0 atom stereocenters. The Morgan fingerprint density at radius 1 is 1.27 bits per heavy atom. The Bertz CT molecular complexity index is 522. The van der Waals surface area contributed by atoms with Gasteiger partial charge >= 0.3 is 0 Å². The van der Waals surface area contributed by atoms with Crippen LogP contribution in [0.4, 0.5) is 0 Å². The number of hydrogen-bond acceptors (Lipinski definition) is 3. The molecule has 0 radical (unpaired) electrons. The zero-order valence-corrected chi connectivity index (χ0v) is 8.49. The van der Waals surface area contributed by atoms with Gasteiger partial charge in [0.2, 0.25) is 0 Å². The number of benzene rings is 1. The summed E-state index contributed by atoms with van der Waals surface area (Å²) < 4.78 is 10.5. The second-order valence-electron chi connectivity index (χ2n) is 3.65. The molecule has 15 heavy (non-hydrogen) atoms. The lowest BCUT2D eigenvalue weighted by molar-refractivity contribution is 0.133. The smallest absolute Gasteiger partial charge is 0.119 e. The third kappa shape index (κ3) is 1.36. The van der Waals surface area contributed by atoms with Crippen LogP contribution in [0.15, 0.2) is 24.3 Å². The number of ether oxygens (including phenoxy) is 2. The summed E-state index contributed by atoms with van der Waals surface area (Å²) in [7, 11) is 1.67. The van der Waals surface area contributed by atoms with E-state index < -0.39 is 0 Å². The van der Waals surface area contributed by atoms with Gasteiger partial charge in [0.1, 0.15) is 5.75 Å². The Morgan fingerprint density at radius 3 is 3.07 bits per heavy atom. The zero-order chi connectivity index (χ0) is 10.3. The van der Waals surface area contributed by atoms with Gasteiger partial charge in [0, 0.05) is 10.9 Å². The van der Waals surface area contributed by atoms with Crippen molar-refractivity contribution in [3.8, 4) is 5.75 Å². The van der Waals surface area contributed by atoms with Gasteiger partial charge in [-0.3, -0.25) is 0 Å². The molecule has 3 nitrogen and oxygen atoms in total. The van der Waals surface area contributed by atoms with Crippen LogP contribution in [0.3, 0.4) is 0 Å². The SMILES string of the molecule is COc1ccc2nc3c(cc2c1)COC3. The van der Waals surface area contributed by atoms with Gasteiger partial charge in [-0.1, -0.05) is 0 Å². The van der Waals surface area contributed by atoms with E-state index in [0.29, 0.717) is 13.2 Å². The third-order valence-corrected chi connectivity index (χ3v) is 2.69. The van der Waals surface area contributed by atoms with Gasteiger partial charge in [0.15, 0.2) is 0 Å². The number of rotatable bonds is 1. The molecule has 3 heteroatoms. The number of pyridine rings is 1. The molecular weight excluding hydrogens is 190 g/mol. The summed E-state index contributed by atoms with van der Waals surface area (Å²) in [6, 6.07) is 8.04. The van der Waals surface area contributed by atoms with Crippen LogP contribution in [0.25, 0.3) is 10.9 Å². The minimum absolute atomic E-state index is 0.636. The molecule has 76 valence electrons. The van der Waals surface area contributed by atoms with E-state index in [4.69, 9.17) is 9.47 Å². The number of aromatic nitrogens is 1. The summed E-state index contributed by atoms with van der Waals surface area (Å²) in [5.41, 5.74) is 3.25. The molecular formula is C12H11NO2. The van der Waals surface area contributed by atoms with Crippen LogP contribution in [0, 0.1) is 0 Å². The van der Waals surface area contributed by atoms with Gasteiger partial charge in [-0.05, 0) is 24.3 Å². The number of fused-ring (bicyclic) bond motifs is 2. The van der Waals surface area contributed by atoms with Gasteiger partial charge in [-0.2, -0.15) is 0 Å². The summed E-state index contributed by atoms with van der Waals surface area (Å²) >= 11 is 0. The van der Waals surface area contributed by atoms with Crippen molar-refractivity contribution in [1.29, 1.82) is 0 Å². The normalized spacial score (nSPS) is 14.2. The molecule has 0 N–H and O–H groups in total. The molecule has 1 aromatic heterocycles. The molecule has 0 spiro atoms. The number of nitrogens with zero attached hydrogens (tertiary/aromatic N) is 1. The second-order valence-corrected chi connectivity index (χ2v) is 3.65. The van der Waals surface area contributed by atoms with E-state index in [2.05, 4.69) is 11.1 Å². The van der Waals surface area contributed by atoms with Crippen molar-refractivity contribution in [2.45, 2.75) is 13.2 Å². The minimum atomic E-state index is 0.636. The number of methoxy groups -OCH3 is 1. The van der Waals surface area contributed by atoms with Crippen molar-refractivity contribution < 1.29 is 9.47 Å². The molecule has 2 heterocycles. The van der Waals surface area contributed by atoms with Crippen molar-refractivity contribution in [3.05, 3.63) is 35.5 Å². The maximum atomic E-state index is 5.35. The molecule has 1 aliphatic heterocycles. The summed E-state index contributed by atoms with van der Waals surface area (Å²) in [6.07, 6.45) is 0. The van der Waals surface area contributed by atoms with E-state index in [-0.39, 0.29) is 0 Å². The first-order valence-electron chi connectivity index (χ1n) is 4.91. The summed E-state index contributed by atoms with van der Waals surface area (Å²) in [5, 5.41) is 1.11. The quantitative estimate of drug-likeness (QED) is 0.709. The van der Waals surface area contributed by atoms with E-state index in [1.807, 2.05) is 18.2 Å². The lowest BCUT2D eigenvalue weighted by Crippen LogP contribution is -1.90. The first-order valence-corrected chi connectivity index (χ1v) is 4.91. The highest BCUT2D eigenvalue weighted by Gasteiger charge is 2.13. The topological polar surface area (TPSA) is 31.4 Å². The Morgan fingerprint density at radius 2 is 2.20 bits per heavy atom. The van der Waals surface area contributed by atoms with E-state index in [0.717, 1.165) is 22.3 Å². The van der Waals surface area contributed by atoms with Crippen molar-refractivity contribution in [2.75, 3.05) is 7.11 Å². The van der Waals surface area contributed by atoms with Crippen LogP contribution in [0.5, 0.6) is 5.75 Å². The number of hydrogen-bond donors (Lipinski definition) is 0. The molecule has 0 unspecified atom stereocenters. The molecule has 0 amide bonds. The Balaban J connectivity index is 2.24. The lowest BCUT2D eigenvalue weighted by Gasteiger charge is -2.03.